The van der Waals surface area contributed by atoms with Gasteiger partial charge in [-0.3, -0.25) is 9.59 Å². The van der Waals surface area contributed by atoms with E-state index in [-0.39, 0.29) is 30.8 Å². The van der Waals surface area contributed by atoms with E-state index in [2.05, 4.69) is 10.6 Å². The number of rotatable bonds is 6. The van der Waals surface area contributed by atoms with Crippen LogP contribution >= 0.6 is 0 Å². The van der Waals surface area contributed by atoms with E-state index in [1.807, 2.05) is 25.1 Å². The highest BCUT2D eigenvalue weighted by molar-refractivity contribution is 6.05. The van der Waals surface area contributed by atoms with Crippen LogP contribution in [0.1, 0.15) is 13.3 Å². The highest BCUT2D eigenvalue weighted by atomic mass is 16.5. The fourth-order valence-electron chi connectivity index (χ4n) is 3.41. The van der Waals surface area contributed by atoms with E-state index in [9.17, 15) is 9.59 Å². The van der Waals surface area contributed by atoms with Gasteiger partial charge in [-0.2, -0.15) is 0 Å². The second kappa shape index (κ2) is 8.72. The van der Waals surface area contributed by atoms with E-state index < -0.39 is 0 Å². The van der Waals surface area contributed by atoms with Gasteiger partial charge >= 0.3 is 0 Å². The number of fused-ring (bicyclic) bond motifs is 1. The predicted molar refractivity (Wildman–Crippen MR) is 111 cm³/mol. The Kier molecular flexibility index (Phi) is 6.11. The lowest BCUT2D eigenvalue weighted by Gasteiger charge is -2.28. The Bertz CT molecular complexity index is 890. The largest absolute Gasteiger partial charge is 0.493 e. The number of anilines is 3. The molecule has 0 aliphatic carbocycles. The second-order valence-electron chi connectivity index (χ2n) is 6.65. The first-order chi connectivity index (χ1) is 14.0. The molecule has 1 atom stereocenters. The van der Waals surface area contributed by atoms with Crippen molar-refractivity contribution in [1.29, 1.82) is 0 Å². The average Bonchev–Trinajstić information content (AvgIpc) is 2.85. The lowest BCUT2D eigenvalue weighted by molar-refractivity contribution is -0.118. The van der Waals surface area contributed by atoms with Crippen LogP contribution < -0.4 is 29.7 Å². The number of benzene rings is 2. The van der Waals surface area contributed by atoms with Crippen molar-refractivity contribution < 1.29 is 23.8 Å². The van der Waals surface area contributed by atoms with Crippen LogP contribution in [-0.2, 0) is 9.59 Å². The van der Waals surface area contributed by atoms with Crippen LogP contribution in [0.2, 0.25) is 0 Å². The van der Waals surface area contributed by atoms with Crippen LogP contribution in [-0.4, -0.2) is 45.7 Å². The number of carbonyl (C=O) groups is 2. The highest BCUT2D eigenvalue weighted by Gasteiger charge is 2.29. The first-order valence-electron chi connectivity index (χ1n) is 9.23. The molecule has 2 aromatic carbocycles. The average molecular weight is 399 g/mol. The van der Waals surface area contributed by atoms with Gasteiger partial charge in [0.05, 0.1) is 39.2 Å². The van der Waals surface area contributed by atoms with Crippen LogP contribution in [0.3, 0.4) is 0 Å². The molecule has 1 heterocycles. The summed E-state index contributed by atoms with van der Waals surface area (Å²) in [7, 11) is 4.60. The molecule has 0 spiro atoms. The lowest BCUT2D eigenvalue weighted by Crippen LogP contribution is -2.42. The first kappa shape index (κ1) is 20.3. The number of ether oxygens (including phenoxy) is 3. The minimum atomic E-state index is -0.270. The van der Waals surface area contributed by atoms with Crippen molar-refractivity contribution in [2.45, 2.75) is 19.4 Å². The Hall–Kier alpha value is -3.42. The fourth-order valence-corrected chi connectivity index (χ4v) is 3.41. The number of amides is 2. The van der Waals surface area contributed by atoms with Crippen LogP contribution in [0.4, 0.5) is 17.1 Å². The van der Waals surface area contributed by atoms with Gasteiger partial charge in [0.2, 0.25) is 17.6 Å². The second-order valence-corrected chi connectivity index (χ2v) is 6.65. The number of hydrogen-bond donors (Lipinski definition) is 2. The molecule has 0 saturated heterocycles. The van der Waals surface area contributed by atoms with E-state index in [1.54, 1.807) is 23.1 Å². The maximum absolute atomic E-state index is 13.1. The van der Waals surface area contributed by atoms with Crippen molar-refractivity contribution >= 4 is 28.9 Å². The minimum Gasteiger partial charge on any atom is -0.493 e. The summed E-state index contributed by atoms with van der Waals surface area (Å²) >= 11 is 0. The molecule has 8 heteroatoms. The zero-order valence-electron chi connectivity index (χ0n) is 16.9. The molecule has 0 radical (unpaired) electrons. The zero-order valence-corrected chi connectivity index (χ0v) is 16.9. The Morgan fingerprint density at radius 1 is 1.14 bits per heavy atom. The number of methoxy groups -OCH3 is 3. The molecule has 0 aromatic heterocycles. The van der Waals surface area contributed by atoms with Gasteiger partial charge in [-0.15, -0.1) is 0 Å². The van der Waals surface area contributed by atoms with Gasteiger partial charge < -0.3 is 29.7 Å². The molecule has 0 bridgehead atoms. The number of nitrogens with one attached hydrogen (secondary N) is 2. The molecule has 3 rings (SSSR count). The molecule has 1 aliphatic heterocycles. The summed E-state index contributed by atoms with van der Waals surface area (Å²) in [5.74, 6) is 1.19. The predicted octanol–water partition coefficient (Wildman–Crippen LogP) is 2.89. The van der Waals surface area contributed by atoms with Gasteiger partial charge in [-0.25, -0.2) is 0 Å². The maximum Gasteiger partial charge on any atom is 0.246 e. The van der Waals surface area contributed by atoms with Crippen molar-refractivity contribution in [1.82, 2.24) is 0 Å². The Balaban J connectivity index is 1.83. The van der Waals surface area contributed by atoms with E-state index in [0.29, 0.717) is 34.3 Å². The van der Waals surface area contributed by atoms with Crippen molar-refractivity contribution in [2.24, 2.45) is 0 Å². The molecule has 2 amide bonds. The molecule has 8 nitrogen and oxygen atoms in total. The molecule has 2 N–H and O–H groups in total. The summed E-state index contributed by atoms with van der Waals surface area (Å²) < 4.78 is 16.0. The van der Waals surface area contributed by atoms with Crippen LogP contribution in [0.5, 0.6) is 17.2 Å². The number of nitrogens with zero attached hydrogens (tertiary/aromatic N) is 1. The molecular formula is C21H25N3O5. The van der Waals surface area contributed by atoms with Crippen LogP contribution in [0.25, 0.3) is 0 Å². The van der Waals surface area contributed by atoms with E-state index in [0.717, 1.165) is 0 Å². The highest BCUT2D eigenvalue weighted by Crippen LogP contribution is 2.40. The van der Waals surface area contributed by atoms with Crippen LogP contribution in [0.15, 0.2) is 36.4 Å². The Morgan fingerprint density at radius 2 is 1.79 bits per heavy atom. The molecular weight excluding hydrogens is 374 g/mol. The summed E-state index contributed by atoms with van der Waals surface area (Å²) in [5, 5.41) is 5.97. The number of hydrogen-bond acceptors (Lipinski definition) is 6. The Labute approximate surface area is 169 Å². The Morgan fingerprint density at radius 3 is 2.41 bits per heavy atom. The maximum atomic E-state index is 13.1. The summed E-state index contributed by atoms with van der Waals surface area (Å²) in [6.45, 7) is 1.89. The van der Waals surface area contributed by atoms with Gasteiger partial charge in [0.25, 0.3) is 0 Å². The summed E-state index contributed by atoms with van der Waals surface area (Å²) in [6.07, 6.45) is 0.227. The SMILES string of the molecule is COc1cc(NCC(=O)N2c3ccccc3NC(=O)C[C@H]2C)cc(OC)c1OC. The third-order valence-electron chi connectivity index (χ3n) is 4.74. The number of para-hydroxylation sites is 2. The molecule has 154 valence electrons. The van der Waals surface area contributed by atoms with Gasteiger partial charge in [0.1, 0.15) is 0 Å². The normalized spacial score (nSPS) is 15.7. The van der Waals surface area contributed by atoms with Gasteiger partial charge in [0.15, 0.2) is 11.5 Å². The van der Waals surface area contributed by atoms with Gasteiger partial charge in [0, 0.05) is 30.3 Å². The van der Waals surface area contributed by atoms with Gasteiger partial charge in [-0.1, -0.05) is 12.1 Å². The fraction of sp³-hybridized carbons (Fsp3) is 0.333. The summed E-state index contributed by atoms with van der Waals surface area (Å²) in [4.78, 5) is 26.8. The van der Waals surface area contributed by atoms with Crippen LogP contribution in [0, 0.1) is 0 Å². The summed E-state index contributed by atoms with van der Waals surface area (Å²) in [5.41, 5.74) is 1.96. The smallest absolute Gasteiger partial charge is 0.246 e. The lowest BCUT2D eigenvalue weighted by atomic mass is 10.1. The van der Waals surface area contributed by atoms with Crippen molar-refractivity contribution in [3.8, 4) is 17.2 Å². The standard InChI is InChI=1S/C21H25N3O5/c1-13-9-19(25)23-15-7-5-6-8-16(15)24(13)20(26)12-22-14-10-17(27-2)21(29-4)18(11-14)28-3/h5-8,10-11,13,22H,9,12H2,1-4H3,(H,23,25)/t13-/m1/s1. The third-order valence-corrected chi connectivity index (χ3v) is 4.74. The minimum absolute atomic E-state index is 0.0332. The summed E-state index contributed by atoms with van der Waals surface area (Å²) in [6, 6.07) is 10.5. The van der Waals surface area contributed by atoms with E-state index in [4.69, 9.17) is 14.2 Å². The first-order valence-corrected chi connectivity index (χ1v) is 9.23. The van der Waals surface area contributed by atoms with Crippen molar-refractivity contribution in [3.63, 3.8) is 0 Å². The molecule has 29 heavy (non-hydrogen) atoms. The molecule has 1 aliphatic rings. The molecule has 0 fully saturated rings. The number of carbonyl (C=O) groups excluding carboxylic acids is 2. The quantitative estimate of drug-likeness (QED) is 0.777. The molecule has 0 saturated carbocycles. The zero-order chi connectivity index (χ0) is 21.0. The third kappa shape index (κ3) is 4.21. The molecule has 0 unspecified atom stereocenters. The van der Waals surface area contributed by atoms with Crippen molar-refractivity contribution in [2.75, 3.05) is 43.4 Å². The van der Waals surface area contributed by atoms with Crippen molar-refractivity contribution in [3.05, 3.63) is 36.4 Å². The molecule has 2 aromatic rings. The van der Waals surface area contributed by atoms with E-state index >= 15 is 0 Å². The topological polar surface area (TPSA) is 89.1 Å². The van der Waals surface area contributed by atoms with E-state index in [1.165, 1.54) is 21.3 Å². The van der Waals surface area contributed by atoms with Gasteiger partial charge in [-0.05, 0) is 19.1 Å². The monoisotopic (exact) mass is 399 g/mol.